The molecule has 0 fully saturated rings. The summed E-state index contributed by atoms with van der Waals surface area (Å²) in [4.78, 5) is 29.7. The first-order chi connectivity index (χ1) is 17.1. The topological polar surface area (TPSA) is 65.0 Å². The molecule has 0 bridgehead atoms. The minimum Gasteiger partial charge on any atom is -0.456 e. The minimum atomic E-state index is -1.23. The van der Waals surface area contributed by atoms with Gasteiger partial charge in [-0.1, -0.05) is 81.1 Å². The number of unbranched alkanes of at least 4 members (excludes halogenated alkanes) is 5. The van der Waals surface area contributed by atoms with Crippen molar-refractivity contribution in [3.63, 3.8) is 0 Å². The number of carbonyl (C=O) groups excluding carboxylic acids is 2. The molecule has 0 unspecified atom stereocenters. The van der Waals surface area contributed by atoms with E-state index in [2.05, 4.69) is 11.9 Å². The van der Waals surface area contributed by atoms with Gasteiger partial charge in [-0.25, -0.2) is 0 Å². The molecule has 1 aliphatic heterocycles. The van der Waals surface area contributed by atoms with Crippen molar-refractivity contribution in [2.24, 2.45) is 4.99 Å². The number of carbonyl (C=O) groups is 2. The fourth-order valence-corrected chi connectivity index (χ4v) is 4.05. The number of hydrogen-bond acceptors (Lipinski definition) is 4. The highest BCUT2D eigenvalue weighted by molar-refractivity contribution is 6.10. The molecule has 1 aliphatic rings. The van der Waals surface area contributed by atoms with Crippen LogP contribution in [-0.4, -0.2) is 29.8 Å². The van der Waals surface area contributed by atoms with Crippen molar-refractivity contribution in [1.82, 2.24) is 0 Å². The number of allylic oxidation sites excluding steroid dienone is 1. The lowest BCUT2D eigenvalue weighted by Crippen LogP contribution is -2.35. The van der Waals surface area contributed by atoms with Crippen molar-refractivity contribution in [3.8, 4) is 0 Å². The van der Waals surface area contributed by atoms with Crippen molar-refractivity contribution >= 4 is 17.6 Å². The lowest BCUT2D eigenvalue weighted by atomic mass is 9.94. The van der Waals surface area contributed by atoms with E-state index in [-0.39, 0.29) is 11.7 Å². The smallest absolute Gasteiger partial charge is 0.297 e. The van der Waals surface area contributed by atoms with Gasteiger partial charge in [0.05, 0.1) is 6.61 Å². The first-order valence-corrected chi connectivity index (χ1v) is 12.8. The molecule has 2 aromatic carbocycles. The zero-order valence-corrected chi connectivity index (χ0v) is 20.8. The van der Waals surface area contributed by atoms with Gasteiger partial charge in [-0.05, 0) is 49.1 Å². The molecule has 0 aliphatic carbocycles. The van der Waals surface area contributed by atoms with Crippen LogP contribution < -0.4 is 0 Å². The van der Waals surface area contributed by atoms with Crippen LogP contribution in [0.2, 0.25) is 0 Å². The van der Waals surface area contributed by atoms with Crippen molar-refractivity contribution in [3.05, 3.63) is 83.9 Å². The molecule has 0 spiro atoms. The third-order valence-corrected chi connectivity index (χ3v) is 6.13. The molecule has 0 saturated heterocycles. The molecular formula is C30H37NO4. The molecule has 0 aromatic heterocycles. The Balaban J connectivity index is 1.56. The molecule has 1 atom stereocenters. The first kappa shape index (κ1) is 26.6. The second kappa shape index (κ2) is 14.4. The van der Waals surface area contributed by atoms with Gasteiger partial charge in [0.1, 0.15) is 0 Å². The second-order valence-corrected chi connectivity index (χ2v) is 9.04. The highest BCUT2D eigenvalue weighted by Crippen LogP contribution is 2.30. The number of benzene rings is 2. The molecule has 0 radical (unpaired) electrons. The zero-order valence-electron chi connectivity index (χ0n) is 20.8. The molecule has 0 N–H and O–H groups in total. The normalized spacial score (nSPS) is 17.5. The monoisotopic (exact) mass is 475 g/mol. The molecule has 2 aromatic rings. The summed E-state index contributed by atoms with van der Waals surface area (Å²) in [5.41, 5.74) is 0.655. The summed E-state index contributed by atoms with van der Waals surface area (Å²) < 4.78 is 11.9. The molecule has 3 rings (SSSR count). The highest BCUT2D eigenvalue weighted by Gasteiger charge is 2.44. The van der Waals surface area contributed by atoms with Crippen molar-refractivity contribution in [2.45, 2.75) is 76.9 Å². The Hall–Kier alpha value is -3.05. The Bertz CT molecular complexity index is 984. The Morgan fingerprint density at radius 3 is 2.40 bits per heavy atom. The fourth-order valence-electron chi connectivity index (χ4n) is 4.05. The third-order valence-electron chi connectivity index (χ3n) is 6.13. The molecule has 1 heterocycles. The molecular weight excluding hydrogens is 438 g/mol. The standard InChI is InChI=1S/C30H37NO4/c1-2-3-4-5-12-19-27(32)20-22-30(21-13-14-23-34-24-25-15-8-6-9-16-25)29(33)31-28(35-30)26-17-10-7-11-18-26/h6-11,15-18,20,22H,2-5,12-14,19,21,23-24H2,1H3/b22-20+/t30-/m1/s1. The van der Waals surface area contributed by atoms with Crippen LogP contribution in [0.4, 0.5) is 0 Å². The van der Waals surface area contributed by atoms with Gasteiger partial charge in [0.25, 0.3) is 5.91 Å². The lowest BCUT2D eigenvalue weighted by molar-refractivity contribution is -0.127. The zero-order chi connectivity index (χ0) is 24.8. The van der Waals surface area contributed by atoms with Crippen LogP contribution in [0, 0.1) is 0 Å². The Kier molecular flexibility index (Phi) is 10.9. The SMILES string of the molecule is CCCCCCCC(=O)/C=C/[C@@]1(CCCCOCc2ccccc2)OC(c2ccccc2)=NC1=O. The van der Waals surface area contributed by atoms with Crippen LogP contribution in [0.25, 0.3) is 0 Å². The maximum absolute atomic E-state index is 13.0. The van der Waals surface area contributed by atoms with Crippen LogP contribution in [0.15, 0.2) is 77.8 Å². The van der Waals surface area contributed by atoms with Crippen LogP contribution in [0.1, 0.15) is 75.8 Å². The van der Waals surface area contributed by atoms with Gasteiger partial charge >= 0.3 is 0 Å². The van der Waals surface area contributed by atoms with E-state index in [1.807, 2.05) is 60.7 Å². The van der Waals surface area contributed by atoms with E-state index in [9.17, 15) is 9.59 Å². The predicted octanol–water partition coefficient (Wildman–Crippen LogP) is 6.60. The van der Waals surface area contributed by atoms with Gasteiger partial charge in [-0.2, -0.15) is 4.99 Å². The van der Waals surface area contributed by atoms with E-state index < -0.39 is 5.60 Å². The Labute approximate surface area is 209 Å². The lowest BCUT2D eigenvalue weighted by Gasteiger charge is -2.23. The number of hydrogen-bond donors (Lipinski definition) is 0. The second-order valence-electron chi connectivity index (χ2n) is 9.04. The van der Waals surface area contributed by atoms with Gasteiger partial charge in [-0.15, -0.1) is 0 Å². The Morgan fingerprint density at radius 2 is 1.66 bits per heavy atom. The van der Waals surface area contributed by atoms with Gasteiger partial charge in [0, 0.05) is 25.0 Å². The van der Waals surface area contributed by atoms with Gasteiger partial charge < -0.3 is 9.47 Å². The predicted molar refractivity (Wildman–Crippen MR) is 139 cm³/mol. The summed E-state index contributed by atoms with van der Waals surface area (Å²) in [5.74, 6) is -0.0160. The maximum Gasteiger partial charge on any atom is 0.297 e. The minimum absolute atomic E-state index is 0.0247. The molecule has 5 heteroatoms. The quantitative estimate of drug-likeness (QED) is 0.203. The largest absolute Gasteiger partial charge is 0.456 e. The number of aliphatic imine (C=N–C) groups is 1. The average molecular weight is 476 g/mol. The van der Waals surface area contributed by atoms with E-state index in [1.54, 1.807) is 6.08 Å². The molecule has 35 heavy (non-hydrogen) atoms. The molecule has 0 saturated carbocycles. The van der Waals surface area contributed by atoms with Crippen LogP contribution in [-0.2, 0) is 25.7 Å². The number of rotatable bonds is 16. The third kappa shape index (κ3) is 8.59. The number of ketones is 1. The molecule has 186 valence electrons. The van der Waals surface area contributed by atoms with Crippen molar-refractivity contribution < 1.29 is 19.1 Å². The van der Waals surface area contributed by atoms with Crippen molar-refractivity contribution in [1.29, 1.82) is 0 Å². The van der Waals surface area contributed by atoms with E-state index >= 15 is 0 Å². The highest BCUT2D eigenvalue weighted by atomic mass is 16.5. The van der Waals surface area contributed by atoms with Crippen LogP contribution >= 0.6 is 0 Å². The maximum atomic E-state index is 13.0. The van der Waals surface area contributed by atoms with Crippen molar-refractivity contribution in [2.75, 3.05) is 6.61 Å². The van der Waals surface area contributed by atoms with Crippen LogP contribution in [0.3, 0.4) is 0 Å². The van der Waals surface area contributed by atoms with E-state index in [0.29, 0.717) is 38.4 Å². The summed E-state index contributed by atoms with van der Waals surface area (Å²) in [6.45, 7) is 3.33. The summed E-state index contributed by atoms with van der Waals surface area (Å²) in [6.07, 6.45) is 11.0. The first-order valence-electron chi connectivity index (χ1n) is 12.8. The van der Waals surface area contributed by atoms with E-state index in [0.717, 1.165) is 36.8 Å². The van der Waals surface area contributed by atoms with Gasteiger partial charge in [0.15, 0.2) is 5.78 Å². The Morgan fingerprint density at radius 1 is 0.943 bits per heavy atom. The summed E-state index contributed by atoms with van der Waals surface area (Å²) in [7, 11) is 0. The molecule has 1 amide bonds. The summed E-state index contributed by atoms with van der Waals surface area (Å²) in [6, 6.07) is 19.4. The fraction of sp³-hybridized carbons (Fsp3) is 0.433. The summed E-state index contributed by atoms with van der Waals surface area (Å²) in [5, 5.41) is 0. The number of amides is 1. The molecule has 5 nitrogen and oxygen atoms in total. The average Bonchev–Trinajstić information content (AvgIpc) is 3.22. The number of nitrogens with zero attached hydrogens (tertiary/aromatic N) is 1. The van der Waals surface area contributed by atoms with E-state index in [1.165, 1.54) is 18.9 Å². The number of ether oxygens (including phenoxy) is 2. The summed E-state index contributed by atoms with van der Waals surface area (Å²) >= 11 is 0. The van der Waals surface area contributed by atoms with E-state index in [4.69, 9.17) is 9.47 Å². The van der Waals surface area contributed by atoms with Crippen LogP contribution in [0.5, 0.6) is 0 Å². The van der Waals surface area contributed by atoms with Gasteiger partial charge in [0.2, 0.25) is 11.5 Å². The van der Waals surface area contributed by atoms with Gasteiger partial charge in [-0.3, -0.25) is 9.59 Å².